The molecule has 0 aromatic carbocycles. The fourth-order valence-corrected chi connectivity index (χ4v) is 1.71. The molecule has 0 saturated heterocycles. The second-order valence-corrected chi connectivity index (χ2v) is 5.17. The number of ether oxygens (including phenoxy) is 4. The first kappa shape index (κ1) is 20.8. The molecule has 0 amide bonds. The van der Waals surface area contributed by atoms with Gasteiger partial charge in [0.1, 0.15) is 0 Å². The van der Waals surface area contributed by atoms with Gasteiger partial charge in [0.25, 0.3) is 0 Å². The van der Waals surface area contributed by atoms with Crippen LogP contribution in [0, 0.1) is 0 Å². The zero-order valence-electron chi connectivity index (χ0n) is 13.6. The summed E-state index contributed by atoms with van der Waals surface area (Å²) in [6.07, 6.45) is 2.03. The fourth-order valence-electron chi connectivity index (χ4n) is 1.71. The van der Waals surface area contributed by atoms with Gasteiger partial charge in [0.05, 0.1) is 58.0 Å². The van der Waals surface area contributed by atoms with Gasteiger partial charge in [0.2, 0.25) is 0 Å². The fraction of sp³-hybridized carbons (Fsp3) is 1.00. The lowest BCUT2D eigenvalue weighted by Crippen LogP contribution is -2.22. The normalized spacial score (nSPS) is 15.9. The maximum absolute atomic E-state index is 8.64. The molecule has 0 aliphatic heterocycles. The largest absolute Gasteiger partial charge is 0.394 e. The van der Waals surface area contributed by atoms with Gasteiger partial charge in [-0.2, -0.15) is 0 Å². The van der Waals surface area contributed by atoms with E-state index in [4.69, 9.17) is 29.2 Å². The Morgan fingerprint density at radius 2 is 1.29 bits per heavy atom. The summed E-state index contributed by atoms with van der Waals surface area (Å²) in [6, 6.07) is 0. The van der Waals surface area contributed by atoms with Crippen LogP contribution in [0.15, 0.2) is 0 Å². The van der Waals surface area contributed by atoms with Gasteiger partial charge >= 0.3 is 0 Å². The van der Waals surface area contributed by atoms with Crippen molar-refractivity contribution in [3.8, 4) is 0 Å². The third kappa shape index (κ3) is 14.5. The maximum Gasteiger partial charge on any atom is 0.0781 e. The zero-order chi connectivity index (χ0) is 15.9. The second kappa shape index (κ2) is 14.7. The molecule has 0 aliphatic carbocycles. The highest BCUT2D eigenvalue weighted by molar-refractivity contribution is 4.55. The first-order valence-electron chi connectivity index (χ1n) is 7.74. The molecule has 0 aliphatic rings. The lowest BCUT2D eigenvalue weighted by atomic mass is 10.2. The van der Waals surface area contributed by atoms with Crippen molar-refractivity contribution in [2.45, 2.75) is 51.9 Å². The van der Waals surface area contributed by atoms with Crippen LogP contribution in [0.1, 0.15) is 33.6 Å². The zero-order valence-corrected chi connectivity index (χ0v) is 13.6. The molecule has 6 nitrogen and oxygen atoms in total. The van der Waals surface area contributed by atoms with Gasteiger partial charge in [-0.1, -0.05) is 0 Å². The topological polar surface area (TPSA) is 77.4 Å². The van der Waals surface area contributed by atoms with E-state index in [2.05, 4.69) is 0 Å². The molecule has 0 spiro atoms. The van der Waals surface area contributed by atoms with Crippen molar-refractivity contribution in [1.82, 2.24) is 0 Å². The Labute approximate surface area is 128 Å². The first-order valence-corrected chi connectivity index (χ1v) is 7.74. The number of aliphatic hydroxyl groups excluding tert-OH is 2. The van der Waals surface area contributed by atoms with Crippen molar-refractivity contribution in [3.63, 3.8) is 0 Å². The van der Waals surface area contributed by atoms with Crippen molar-refractivity contribution < 1.29 is 29.2 Å². The summed E-state index contributed by atoms with van der Waals surface area (Å²) in [7, 11) is 0. The minimum Gasteiger partial charge on any atom is -0.394 e. The lowest BCUT2D eigenvalue weighted by Gasteiger charge is -2.17. The van der Waals surface area contributed by atoms with Crippen LogP contribution in [0.3, 0.4) is 0 Å². The van der Waals surface area contributed by atoms with Gasteiger partial charge < -0.3 is 29.2 Å². The summed E-state index contributed by atoms with van der Waals surface area (Å²) in [4.78, 5) is 0. The second-order valence-electron chi connectivity index (χ2n) is 5.17. The predicted molar refractivity (Wildman–Crippen MR) is 80.5 cm³/mol. The minimum atomic E-state index is 0.000346. The Kier molecular flexibility index (Phi) is 14.5. The predicted octanol–water partition coefficient (Wildman–Crippen LogP) is 0.983. The van der Waals surface area contributed by atoms with Crippen LogP contribution in [-0.4, -0.2) is 74.8 Å². The number of hydrogen-bond acceptors (Lipinski definition) is 6. The van der Waals surface area contributed by atoms with Crippen molar-refractivity contribution >= 4 is 0 Å². The maximum atomic E-state index is 8.64. The quantitative estimate of drug-likeness (QED) is 0.439. The van der Waals surface area contributed by atoms with Gasteiger partial charge in [0, 0.05) is 6.61 Å². The summed E-state index contributed by atoms with van der Waals surface area (Å²) in [5.74, 6) is 0. The lowest BCUT2D eigenvalue weighted by molar-refractivity contribution is -0.0452. The van der Waals surface area contributed by atoms with Gasteiger partial charge in [-0.3, -0.25) is 0 Å². The summed E-state index contributed by atoms with van der Waals surface area (Å²) in [5, 5.41) is 17.3. The highest BCUT2D eigenvalue weighted by Gasteiger charge is 2.07. The van der Waals surface area contributed by atoms with E-state index in [9.17, 15) is 0 Å². The summed E-state index contributed by atoms with van der Waals surface area (Å²) in [5.41, 5.74) is 0. The third-order valence-corrected chi connectivity index (χ3v) is 2.85. The minimum absolute atomic E-state index is 0.000346. The molecule has 3 unspecified atom stereocenters. The Morgan fingerprint density at radius 3 is 1.86 bits per heavy atom. The van der Waals surface area contributed by atoms with Gasteiger partial charge in [-0.15, -0.1) is 0 Å². The Balaban J connectivity index is 3.38. The van der Waals surface area contributed by atoms with Crippen LogP contribution >= 0.6 is 0 Å². The van der Waals surface area contributed by atoms with E-state index in [-0.39, 0.29) is 31.5 Å². The first-order chi connectivity index (χ1) is 10.1. The molecular formula is C15H32O6. The van der Waals surface area contributed by atoms with Crippen LogP contribution in [0.4, 0.5) is 0 Å². The molecule has 0 radical (unpaired) electrons. The van der Waals surface area contributed by atoms with Crippen molar-refractivity contribution in [1.29, 1.82) is 0 Å². The van der Waals surface area contributed by atoms with Crippen LogP contribution in [0.2, 0.25) is 0 Å². The number of rotatable bonds is 15. The molecule has 21 heavy (non-hydrogen) atoms. The van der Waals surface area contributed by atoms with E-state index in [0.717, 1.165) is 12.8 Å². The van der Waals surface area contributed by atoms with Crippen molar-refractivity contribution in [2.24, 2.45) is 0 Å². The molecule has 0 bridgehead atoms. The summed E-state index contributed by atoms with van der Waals surface area (Å²) in [6.45, 7) is 8.43. The summed E-state index contributed by atoms with van der Waals surface area (Å²) >= 11 is 0. The monoisotopic (exact) mass is 308 g/mol. The highest BCUT2D eigenvalue weighted by atomic mass is 16.5. The van der Waals surface area contributed by atoms with E-state index >= 15 is 0 Å². The summed E-state index contributed by atoms with van der Waals surface area (Å²) < 4.78 is 21.8. The molecule has 0 rings (SSSR count). The highest BCUT2D eigenvalue weighted by Crippen LogP contribution is 2.04. The average molecular weight is 308 g/mol. The van der Waals surface area contributed by atoms with Crippen LogP contribution in [0.25, 0.3) is 0 Å². The van der Waals surface area contributed by atoms with Crippen LogP contribution in [-0.2, 0) is 18.9 Å². The van der Waals surface area contributed by atoms with Gasteiger partial charge in [0.15, 0.2) is 0 Å². The molecule has 0 fully saturated rings. The van der Waals surface area contributed by atoms with E-state index in [1.807, 2.05) is 20.8 Å². The Bertz CT molecular complexity index is 214. The Morgan fingerprint density at radius 1 is 0.714 bits per heavy atom. The van der Waals surface area contributed by atoms with Gasteiger partial charge in [-0.25, -0.2) is 0 Å². The molecule has 0 aromatic rings. The van der Waals surface area contributed by atoms with Gasteiger partial charge in [-0.05, 0) is 33.6 Å². The SMILES string of the molecule is CC(CCCOCC(C)OCCO)OCC(C)OCCO. The van der Waals surface area contributed by atoms with E-state index in [1.165, 1.54) is 0 Å². The van der Waals surface area contributed by atoms with E-state index < -0.39 is 0 Å². The number of aliphatic hydroxyl groups is 2. The van der Waals surface area contributed by atoms with Crippen molar-refractivity contribution in [2.75, 3.05) is 46.2 Å². The third-order valence-electron chi connectivity index (χ3n) is 2.85. The van der Waals surface area contributed by atoms with E-state index in [1.54, 1.807) is 0 Å². The number of hydrogen-bond donors (Lipinski definition) is 2. The molecule has 128 valence electrons. The van der Waals surface area contributed by atoms with E-state index in [0.29, 0.717) is 33.0 Å². The molecule has 0 saturated carbocycles. The smallest absolute Gasteiger partial charge is 0.0781 e. The molecule has 2 N–H and O–H groups in total. The molecule has 3 atom stereocenters. The average Bonchev–Trinajstić information content (AvgIpc) is 2.48. The van der Waals surface area contributed by atoms with Crippen LogP contribution < -0.4 is 0 Å². The molecular weight excluding hydrogens is 276 g/mol. The standard InChI is InChI=1S/C15H32O6/c1-13(21-12-15(3)20-10-7-17)5-4-8-18-11-14(2)19-9-6-16/h13-17H,4-12H2,1-3H3. The van der Waals surface area contributed by atoms with Crippen molar-refractivity contribution in [3.05, 3.63) is 0 Å². The molecule has 0 heterocycles. The Hall–Kier alpha value is -0.240. The van der Waals surface area contributed by atoms with Crippen LogP contribution in [0.5, 0.6) is 0 Å². The molecule has 0 aromatic heterocycles. The molecule has 6 heteroatoms.